The van der Waals surface area contributed by atoms with Gasteiger partial charge in [0.25, 0.3) is 5.91 Å². The van der Waals surface area contributed by atoms with E-state index in [1.54, 1.807) is 0 Å². The van der Waals surface area contributed by atoms with Crippen molar-refractivity contribution < 1.29 is 13.6 Å². The number of rotatable bonds is 6. The minimum atomic E-state index is -1.12. The van der Waals surface area contributed by atoms with Gasteiger partial charge in [0.1, 0.15) is 0 Å². The molecule has 1 amide bonds. The second-order valence-corrected chi connectivity index (χ2v) is 8.19. The van der Waals surface area contributed by atoms with Crippen LogP contribution in [0.2, 0.25) is 5.02 Å². The van der Waals surface area contributed by atoms with Gasteiger partial charge in [0.2, 0.25) is 0 Å². The van der Waals surface area contributed by atoms with Crippen LogP contribution in [0.1, 0.15) is 27.4 Å². The van der Waals surface area contributed by atoms with Crippen molar-refractivity contribution in [3.05, 3.63) is 100 Å². The third kappa shape index (κ3) is 4.32. The smallest absolute Gasteiger partial charge is 0.252 e. The Morgan fingerprint density at radius 1 is 1.06 bits per heavy atom. The lowest BCUT2D eigenvalue weighted by molar-refractivity contribution is 0.0952. The normalized spacial score (nSPS) is 12.0. The maximum atomic E-state index is 13.7. The van der Waals surface area contributed by atoms with E-state index in [1.807, 2.05) is 73.7 Å². The Bertz CT molecular complexity index is 1270. The number of amides is 1. The molecule has 7 heteroatoms. The van der Waals surface area contributed by atoms with Crippen molar-refractivity contribution in [2.75, 3.05) is 25.5 Å². The maximum absolute atomic E-state index is 13.7. The van der Waals surface area contributed by atoms with Crippen molar-refractivity contribution in [3.63, 3.8) is 0 Å². The van der Waals surface area contributed by atoms with E-state index in [4.69, 9.17) is 11.6 Å². The van der Waals surface area contributed by atoms with Gasteiger partial charge in [0.05, 0.1) is 10.6 Å². The van der Waals surface area contributed by atoms with Crippen LogP contribution in [-0.4, -0.2) is 31.5 Å². The third-order valence-electron chi connectivity index (χ3n) is 5.53. The van der Waals surface area contributed by atoms with Crippen LogP contribution < -0.4 is 10.2 Å². The highest BCUT2D eigenvalue weighted by molar-refractivity contribution is 6.33. The van der Waals surface area contributed by atoms with Crippen molar-refractivity contribution in [1.82, 2.24) is 10.3 Å². The molecule has 4 rings (SSSR count). The molecule has 164 valence electrons. The molecule has 0 saturated carbocycles. The number of hydrogen-bond acceptors (Lipinski definition) is 2. The van der Waals surface area contributed by atoms with Crippen molar-refractivity contribution in [2.45, 2.75) is 5.92 Å². The zero-order chi connectivity index (χ0) is 22.8. The van der Waals surface area contributed by atoms with Crippen molar-refractivity contribution >= 4 is 34.1 Å². The molecule has 4 nitrogen and oxygen atoms in total. The molecular formula is C25H22ClF2N3O. The Hall–Kier alpha value is -3.38. The highest BCUT2D eigenvalue weighted by Gasteiger charge is 2.21. The molecule has 0 spiro atoms. The maximum Gasteiger partial charge on any atom is 0.252 e. The highest BCUT2D eigenvalue weighted by atomic mass is 35.5. The number of halogens is 3. The predicted molar refractivity (Wildman–Crippen MR) is 125 cm³/mol. The summed E-state index contributed by atoms with van der Waals surface area (Å²) in [7, 11) is 3.94. The summed E-state index contributed by atoms with van der Waals surface area (Å²) < 4.78 is 27.0. The van der Waals surface area contributed by atoms with Gasteiger partial charge in [-0.1, -0.05) is 41.9 Å². The van der Waals surface area contributed by atoms with Crippen LogP contribution >= 0.6 is 11.6 Å². The number of nitrogens with one attached hydrogen (secondary N) is 2. The van der Waals surface area contributed by atoms with Gasteiger partial charge in [0.15, 0.2) is 11.6 Å². The van der Waals surface area contributed by atoms with Gasteiger partial charge in [0, 0.05) is 49.3 Å². The summed E-state index contributed by atoms with van der Waals surface area (Å²) in [5.41, 5.74) is 3.98. The van der Waals surface area contributed by atoms with Crippen LogP contribution in [0, 0.1) is 11.6 Å². The van der Waals surface area contributed by atoms with Gasteiger partial charge in [-0.2, -0.15) is 0 Å². The average molecular weight is 454 g/mol. The number of benzene rings is 3. The predicted octanol–water partition coefficient (Wildman–Crippen LogP) is 5.73. The van der Waals surface area contributed by atoms with Crippen LogP contribution in [0.15, 0.2) is 66.9 Å². The Morgan fingerprint density at radius 3 is 2.47 bits per heavy atom. The summed E-state index contributed by atoms with van der Waals surface area (Å²) in [6, 6.07) is 17.7. The minimum Gasteiger partial charge on any atom is -0.378 e. The molecule has 1 aromatic heterocycles. The van der Waals surface area contributed by atoms with Crippen LogP contribution in [0.25, 0.3) is 10.9 Å². The van der Waals surface area contributed by atoms with Gasteiger partial charge in [-0.3, -0.25) is 4.79 Å². The quantitative estimate of drug-likeness (QED) is 0.366. The van der Waals surface area contributed by atoms with Crippen molar-refractivity contribution in [2.24, 2.45) is 0 Å². The summed E-state index contributed by atoms with van der Waals surface area (Å²) in [6.45, 7) is 0.247. The SMILES string of the molecule is CN(C)c1ccc([C@@H](CNC(=O)c2cc(F)c(F)cc2Cl)c2c[nH]c3ccccc23)cc1. The standard InChI is InChI=1S/C25H22ClF2N3O/c1-31(2)16-9-7-15(8-10-16)19(20-14-29-24-6-4-3-5-17(20)24)13-30-25(32)18-11-22(27)23(28)12-21(18)26/h3-12,14,19,29H,13H2,1-2H3,(H,30,32)/t19-/m1/s1. The van der Waals surface area contributed by atoms with Crippen molar-refractivity contribution in [3.8, 4) is 0 Å². The number of carbonyl (C=O) groups excluding carboxylic acids is 1. The summed E-state index contributed by atoms with van der Waals surface area (Å²) in [5.74, 6) is -2.95. The number of carbonyl (C=O) groups is 1. The molecule has 0 radical (unpaired) electrons. The second kappa shape index (κ2) is 9.01. The van der Waals surface area contributed by atoms with E-state index in [9.17, 15) is 13.6 Å². The first-order chi connectivity index (χ1) is 15.3. The van der Waals surface area contributed by atoms with E-state index in [2.05, 4.69) is 10.3 Å². The molecule has 0 aliphatic carbocycles. The van der Waals surface area contributed by atoms with E-state index < -0.39 is 17.5 Å². The monoisotopic (exact) mass is 453 g/mol. The lowest BCUT2D eigenvalue weighted by Gasteiger charge is -2.20. The molecule has 2 N–H and O–H groups in total. The molecule has 1 atom stereocenters. The first-order valence-corrected chi connectivity index (χ1v) is 10.5. The van der Waals surface area contributed by atoms with E-state index >= 15 is 0 Å². The Balaban J connectivity index is 1.67. The molecule has 0 aliphatic heterocycles. The second-order valence-electron chi connectivity index (χ2n) is 7.78. The van der Waals surface area contributed by atoms with E-state index in [-0.39, 0.29) is 23.0 Å². The molecule has 0 aliphatic rings. The molecule has 0 fully saturated rings. The van der Waals surface area contributed by atoms with E-state index in [0.29, 0.717) is 0 Å². The highest BCUT2D eigenvalue weighted by Crippen LogP contribution is 2.31. The minimum absolute atomic E-state index is 0.105. The summed E-state index contributed by atoms with van der Waals surface area (Å²) >= 11 is 5.98. The van der Waals surface area contributed by atoms with Crippen molar-refractivity contribution in [1.29, 1.82) is 0 Å². The fraction of sp³-hybridized carbons (Fsp3) is 0.160. The largest absolute Gasteiger partial charge is 0.378 e. The fourth-order valence-electron chi connectivity index (χ4n) is 3.78. The van der Waals surface area contributed by atoms with Gasteiger partial charge in [-0.25, -0.2) is 8.78 Å². The van der Waals surface area contributed by atoms with Crippen LogP contribution in [0.5, 0.6) is 0 Å². The molecular weight excluding hydrogens is 432 g/mol. The summed E-state index contributed by atoms with van der Waals surface area (Å²) in [5, 5.41) is 3.75. The Kier molecular flexibility index (Phi) is 6.15. The number of nitrogens with zero attached hydrogens (tertiary/aromatic N) is 1. The molecule has 32 heavy (non-hydrogen) atoms. The average Bonchev–Trinajstić information content (AvgIpc) is 3.20. The van der Waals surface area contributed by atoms with Gasteiger partial charge in [-0.15, -0.1) is 0 Å². The number of anilines is 1. The molecule has 0 unspecified atom stereocenters. The lowest BCUT2D eigenvalue weighted by Crippen LogP contribution is -2.29. The lowest BCUT2D eigenvalue weighted by atomic mass is 9.90. The summed E-state index contributed by atoms with van der Waals surface area (Å²) in [6.07, 6.45) is 1.94. The number of aromatic amines is 1. The first-order valence-electron chi connectivity index (χ1n) is 10.1. The zero-order valence-electron chi connectivity index (χ0n) is 17.6. The van der Waals surface area contributed by atoms with Crippen LogP contribution in [0.3, 0.4) is 0 Å². The number of aromatic nitrogens is 1. The van der Waals surface area contributed by atoms with Gasteiger partial charge < -0.3 is 15.2 Å². The molecule has 4 aromatic rings. The van der Waals surface area contributed by atoms with Gasteiger partial charge >= 0.3 is 0 Å². The Labute approximate surface area is 189 Å². The number of hydrogen-bond donors (Lipinski definition) is 2. The number of fused-ring (bicyclic) bond motifs is 1. The van der Waals surface area contributed by atoms with E-state index in [0.717, 1.165) is 39.8 Å². The molecule has 1 heterocycles. The topological polar surface area (TPSA) is 48.1 Å². The van der Waals surface area contributed by atoms with Crippen LogP contribution in [0.4, 0.5) is 14.5 Å². The summed E-state index contributed by atoms with van der Waals surface area (Å²) in [4.78, 5) is 18.0. The third-order valence-corrected chi connectivity index (χ3v) is 5.84. The fourth-order valence-corrected chi connectivity index (χ4v) is 4.02. The Morgan fingerprint density at radius 2 is 1.75 bits per heavy atom. The number of para-hydroxylation sites is 1. The molecule has 0 bridgehead atoms. The molecule has 0 saturated heterocycles. The van der Waals surface area contributed by atoms with E-state index in [1.165, 1.54) is 0 Å². The van der Waals surface area contributed by atoms with Crippen LogP contribution in [-0.2, 0) is 0 Å². The molecule has 3 aromatic carbocycles. The number of H-pyrrole nitrogens is 1. The zero-order valence-corrected chi connectivity index (χ0v) is 18.4. The first kappa shape index (κ1) is 21.8. The van der Waals surface area contributed by atoms with Gasteiger partial charge in [-0.05, 0) is 41.5 Å².